The minimum Gasteiger partial charge on any atom is -0.361 e. The molecule has 1 aromatic heterocycles. The van der Waals surface area contributed by atoms with Crippen LogP contribution < -0.4 is 0 Å². The smallest absolute Gasteiger partial charge is 0.137 e. The summed E-state index contributed by atoms with van der Waals surface area (Å²) in [7, 11) is 0. The Balaban J connectivity index is 2.07. The zero-order valence-corrected chi connectivity index (χ0v) is 10.2. The first-order chi connectivity index (χ1) is 7.59. The maximum atomic E-state index is 11.3. The molecule has 0 unspecified atom stereocenters. The minimum atomic E-state index is 0.289. The number of hydrogen-bond acceptors (Lipinski definition) is 3. The van der Waals surface area contributed by atoms with Gasteiger partial charge in [-0.05, 0) is 52.4 Å². The lowest BCUT2D eigenvalue weighted by molar-refractivity contribution is -0.121. The second kappa shape index (κ2) is 4.40. The van der Waals surface area contributed by atoms with Crippen LogP contribution in [0.15, 0.2) is 4.52 Å². The Labute approximate surface area is 96.2 Å². The summed E-state index contributed by atoms with van der Waals surface area (Å²) in [5.74, 6) is 2.12. The molecule has 3 nitrogen and oxygen atoms in total. The van der Waals surface area contributed by atoms with Crippen molar-refractivity contribution < 1.29 is 9.32 Å². The third kappa shape index (κ3) is 2.04. The van der Waals surface area contributed by atoms with E-state index in [1.54, 1.807) is 6.92 Å². The fraction of sp³-hybridized carbons (Fsp3) is 0.692. The molecule has 0 radical (unpaired) electrons. The molecule has 1 fully saturated rings. The van der Waals surface area contributed by atoms with E-state index >= 15 is 0 Å². The van der Waals surface area contributed by atoms with Gasteiger partial charge in [0.15, 0.2) is 0 Å². The Morgan fingerprint density at radius 3 is 2.31 bits per heavy atom. The Hall–Kier alpha value is -1.12. The van der Waals surface area contributed by atoms with E-state index in [2.05, 4.69) is 5.16 Å². The van der Waals surface area contributed by atoms with E-state index in [0.717, 1.165) is 37.1 Å². The first-order valence-corrected chi connectivity index (χ1v) is 6.02. The van der Waals surface area contributed by atoms with Crippen molar-refractivity contribution in [1.29, 1.82) is 0 Å². The lowest BCUT2D eigenvalue weighted by Gasteiger charge is -2.26. The topological polar surface area (TPSA) is 43.1 Å². The van der Waals surface area contributed by atoms with Crippen molar-refractivity contribution in [3.8, 4) is 0 Å². The zero-order valence-electron chi connectivity index (χ0n) is 10.2. The van der Waals surface area contributed by atoms with Gasteiger partial charge in [-0.2, -0.15) is 0 Å². The van der Waals surface area contributed by atoms with Crippen LogP contribution in [-0.4, -0.2) is 10.9 Å². The number of nitrogens with zero attached hydrogens (tertiary/aromatic N) is 1. The monoisotopic (exact) mass is 221 g/mol. The van der Waals surface area contributed by atoms with Crippen LogP contribution in [0.2, 0.25) is 0 Å². The minimum absolute atomic E-state index is 0.289. The third-order valence-electron chi connectivity index (χ3n) is 3.80. The van der Waals surface area contributed by atoms with Gasteiger partial charge >= 0.3 is 0 Å². The average molecular weight is 221 g/mol. The van der Waals surface area contributed by atoms with Crippen molar-refractivity contribution in [2.24, 2.45) is 5.92 Å². The number of carbonyl (C=O) groups excluding carboxylic acids is 1. The van der Waals surface area contributed by atoms with Gasteiger partial charge in [-0.15, -0.1) is 0 Å². The number of hydrogen-bond donors (Lipinski definition) is 0. The lowest BCUT2D eigenvalue weighted by atomic mass is 9.77. The maximum Gasteiger partial charge on any atom is 0.137 e. The van der Waals surface area contributed by atoms with Crippen LogP contribution in [0.1, 0.15) is 55.5 Å². The van der Waals surface area contributed by atoms with Gasteiger partial charge in [-0.25, -0.2) is 0 Å². The summed E-state index contributed by atoms with van der Waals surface area (Å²) in [5, 5.41) is 4.00. The molecular weight excluding hydrogens is 202 g/mol. The standard InChI is InChI=1S/C13H19NO2/c1-8-13(10(3)16-14-8)12-6-4-11(5-7-12)9(2)15/h11-12H,4-7H2,1-3H3. The Kier molecular flexibility index (Phi) is 3.13. The molecule has 0 aromatic carbocycles. The highest BCUT2D eigenvalue weighted by Crippen LogP contribution is 2.38. The highest BCUT2D eigenvalue weighted by atomic mass is 16.5. The number of aryl methyl sites for hydroxylation is 2. The lowest BCUT2D eigenvalue weighted by Crippen LogP contribution is -2.19. The zero-order chi connectivity index (χ0) is 11.7. The molecule has 16 heavy (non-hydrogen) atoms. The molecule has 0 spiro atoms. The summed E-state index contributed by atoms with van der Waals surface area (Å²) >= 11 is 0. The normalized spacial score (nSPS) is 25.7. The van der Waals surface area contributed by atoms with Gasteiger partial charge in [0.05, 0.1) is 5.69 Å². The Morgan fingerprint density at radius 2 is 1.88 bits per heavy atom. The third-order valence-corrected chi connectivity index (χ3v) is 3.80. The molecule has 3 heteroatoms. The first-order valence-electron chi connectivity index (χ1n) is 6.02. The van der Waals surface area contributed by atoms with Crippen LogP contribution in [0.5, 0.6) is 0 Å². The van der Waals surface area contributed by atoms with Crippen molar-refractivity contribution in [3.63, 3.8) is 0 Å². The predicted molar refractivity (Wildman–Crippen MR) is 61.4 cm³/mol. The molecule has 88 valence electrons. The van der Waals surface area contributed by atoms with E-state index in [0.29, 0.717) is 11.7 Å². The van der Waals surface area contributed by atoms with Crippen LogP contribution in [0, 0.1) is 19.8 Å². The van der Waals surface area contributed by atoms with E-state index in [4.69, 9.17) is 4.52 Å². The van der Waals surface area contributed by atoms with Crippen LogP contribution in [0.4, 0.5) is 0 Å². The number of Topliss-reactive ketones (excluding diaryl/α,β-unsaturated/α-hetero) is 1. The average Bonchev–Trinajstić information content (AvgIpc) is 2.59. The molecule has 0 saturated heterocycles. The van der Waals surface area contributed by atoms with Gasteiger partial charge in [0.2, 0.25) is 0 Å². The predicted octanol–water partition coefficient (Wildman–Crippen LogP) is 3.15. The van der Waals surface area contributed by atoms with Gasteiger partial charge in [0, 0.05) is 11.5 Å². The fourth-order valence-electron chi connectivity index (χ4n) is 2.86. The second-order valence-electron chi connectivity index (χ2n) is 4.90. The molecule has 1 saturated carbocycles. The van der Waals surface area contributed by atoms with Gasteiger partial charge in [0.1, 0.15) is 11.5 Å². The van der Waals surface area contributed by atoms with Crippen LogP contribution >= 0.6 is 0 Å². The number of ketones is 1. The largest absolute Gasteiger partial charge is 0.361 e. The fourth-order valence-corrected chi connectivity index (χ4v) is 2.86. The van der Waals surface area contributed by atoms with Crippen molar-refractivity contribution in [3.05, 3.63) is 17.0 Å². The van der Waals surface area contributed by atoms with E-state index in [9.17, 15) is 4.79 Å². The van der Waals surface area contributed by atoms with Gasteiger partial charge in [-0.3, -0.25) is 4.79 Å². The van der Waals surface area contributed by atoms with E-state index in [-0.39, 0.29) is 5.92 Å². The first kappa shape index (κ1) is 11.4. The highest BCUT2D eigenvalue weighted by Gasteiger charge is 2.28. The molecule has 2 rings (SSSR count). The van der Waals surface area contributed by atoms with Crippen molar-refractivity contribution >= 4 is 5.78 Å². The van der Waals surface area contributed by atoms with Crippen molar-refractivity contribution in [1.82, 2.24) is 5.16 Å². The molecule has 0 atom stereocenters. The van der Waals surface area contributed by atoms with E-state index in [1.165, 1.54) is 5.56 Å². The van der Waals surface area contributed by atoms with E-state index in [1.807, 2.05) is 13.8 Å². The van der Waals surface area contributed by atoms with Gasteiger partial charge in [-0.1, -0.05) is 5.16 Å². The summed E-state index contributed by atoms with van der Waals surface area (Å²) in [6.45, 7) is 5.69. The summed E-state index contributed by atoms with van der Waals surface area (Å²) < 4.78 is 5.21. The molecule has 1 aromatic rings. The molecule has 0 N–H and O–H groups in total. The SMILES string of the molecule is CC(=O)C1CCC(c2c(C)noc2C)CC1. The number of rotatable bonds is 2. The Bertz CT molecular complexity index is 367. The van der Waals surface area contributed by atoms with Gasteiger partial charge < -0.3 is 4.52 Å². The van der Waals surface area contributed by atoms with Crippen LogP contribution in [0.3, 0.4) is 0 Å². The Morgan fingerprint density at radius 1 is 1.25 bits per heavy atom. The molecule has 1 aliphatic carbocycles. The molecule has 0 amide bonds. The molecule has 0 aliphatic heterocycles. The van der Waals surface area contributed by atoms with Crippen molar-refractivity contribution in [2.45, 2.75) is 52.4 Å². The summed E-state index contributed by atoms with van der Waals surface area (Å²) in [5.41, 5.74) is 2.30. The quantitative estimate of drug-likeness (QED) is 0.770. The van der Waals surface area contributed by atoms with Crippen LogP contribution in [0.25, 0.3) is 0 Å². The maximum absolute atomic E-state index is 11.3. The molecule has 1 heterocycles. The molecular formula is C13H19NO2. The highest BCUT2D eigenvalue weighted by molar-refractivity contribution is 5.78. The summed E-state index contributed by atoms with van der Waals surface area (Å²) in [6, 6.07) is 0. The summed E-state index contributed by atoms with van der Waals surface area (Å²) in [6.07, 6.45) is 4.22. The molecule has 1 aliphatic rings. The number of aromatic nitrogens is 1. The number of carbonyl (C=O) groups is 1. The molecule has 0 bridgehead atoms. The van der Waals surface area contributed by atoms with Crippen LogP contribution in [-0.2, 0) is 4.79 Å². The summed E-state index contributed by atoms with van der Waals surface area (Å²) in [4.78, 5) is 11.3. The van der Waals surface area contributed by atoms with Crippen molar-refractivity contribution in [2.75, 3.05) is 0 Å². The van der Waals surface area contributed by atoms with E-state index < -0.39 is 0 Å². The van der Waals surface area contributed by atoms with Gasteiger partial charge in [0.25, 0.3) is 0 Å². The second-order valence-corrected chi connectivity index (χ2v) is 4.90.